The first-order chi connectivity index (χ1) is 12.7. The molecule has 3 nitrogen and oxygen atoms in total. The summed E-state index contributed by atoms with van der Waals surface area (Å²) >= 11 is 1.10. The predicted octanol–water partition coefficient (Wildman–Crippen LogP) is 4.99. The van der Waals surface area contributed by atoms with Gasteiger partial charge in [-0.25, -0.2) is 0 Å². The van der Waals surface area contributed by atoms with Crippen LogP contribution in [0.1, 0.15) is 26.3 Å². The largest absolute Gasteiger partial charge is 0.327 e. The fraction of sp³-hybridized carbons (Fsp3) is 0. The molecule has 0 aliphatic carbocycles. The molecule has 128 valence electrons. The van der Waals surface area contributed by atoms with Crippen molar-refractivity contribution in [1.29, 1.82) is 0 Å². The van der Waals surface area contributed by atoms with Crippen molar-refractivity contribution in [3.63, 3.8) is 0 Å². The van der Waals surface area contributed by atoms with Gasteiger partial charge >= 0.3 is 0 Å². The van der Waals surface area contributed by atoms with E-state index >= 15 is 0 Å². The maximum absolute atomic E-state index is 12.6. The van der Waals surface area contributed by atoms with Crippen molar-refractivity contribution in [3.8, 4) is 0 Å². The maximum atomic E-state index is 12.6. The summed E-state index contributed by atoms with van der Waals surface area (Å²) in [4.78, 5) is 25.5. The van der Waals surface area contributed by atoms with Crippen molar-refractivity contribution >= 4 is 27.7 Å². The molecular weight excluding hydrogens is 342 g/mol. The van der Waals surface area contributed by atoms with Gasteiger partial charge in [-0.15, -0.1) is 0 Å². The van der Waals surface area contributed by atoms with Gasteiger partial charge in [0.05, 0.1) is 0 Å². The molecule has 0 fully saturated rings. The molecule has 1 N–H and O–H groups in total. The topological polar surface area (TPSA) is 46.2 Å². The second kappa shape index (κ2) is 8.83. The van der Waals surface area contributed by atoms with Gasteiger partial charge in [0.1, 0.15) is 0 Å². The summed E-state index contributed by atoms with van der Waals surface area (Å²) < 4.78 is 0. The Morgan fingerprint density at radius 2 is 1.12 bits per heavy atom. The summed E-state index contributed by atoms with van der Waals surface area (Å²) in [6, 6.07) is 27.6. The van der Waals surface area contributed by atoms with Crippen LogP contribution in [0.5, 0.6) is 0 Å². The van der Waals surface area contributed by atoms with Gasteiger partial charge in [-0.05, 0) is 29.5 Å². The van der Waals surface area contributed by atoms with Crippen molar-refractivity contribution in [2.24, 2.45) is 0 Å². The minimum absolute atomic E-state index is 0.0744. The van der Waals surface area contributed by atoms with Crippen molar-refractivity contribution in [2.45, 2.75) is 0 Å². The molecule has 3 rings (SSSR count). The fourth-order valence-corrected chi connectivity index (χ4v) is 3.14. The van der Waals surface area contributed by atoms with Gasteiger partial charge in [0, 0.05) is 22.2 Å². The van der Waals surface area contributed by atoms with Crippen LogP contribution in [0.3, 0.4) is 0 Å². The van der Waals surface area contributed by atoms with Crippen LogP contribution in [0.25, 0.3) is 4.91 Å². The smallest absolute Gasteiger partial charge is 0.255 e. The molecule has 3 aromatic carbocycles. The van der Waals surface area contributed by atoms with Gasteiger partial charge in [-0.1, -0.05) is 78.9 Å². The summed E-state index contributed by atoms with van der Waals surface area (Å²) in [6.45, 7) is 0. The minimum atomic E-state index is -0.216. The van der Waals surface area contributed by atoms with Gasteiger partial charge in [0.25, 0.3) is 5.91 Å². The summed E-state index contributed by atoms with van der Waals surface area (Å²) in [7, 11) is 0. The second-order valence-corrected chi connectivity index (χ2v) is 6.48. The number of rotatable bonds is 5. The zero-order chi connectivity index (χ0) is 18.2. The zero-order valence-corrected chi connectivity index (χ0v) is 14.8. The monoisotopic (exact) mass is 359 g/mol. The fourth-order valence-electron chi connectivity index (χ4n) is 2.31. The molecule has 26 heavy (non-hydrogen) atoms. The highest BCUT2D eigenvalue weighted by molar-refractivity contribution is 8.21. The van der Waals surface area contributed by atoms with E-state index in [1.807, 2.05) is 66.7 Å². The molecule has 1 amide bonds. The molecule has 0 unspecified atom stereocenters. The number of hydrogen-bond donors (Lipinski definition) is 1. The van der Waals surface area contributed by atoms with Crippen molar-refractivity contribution < 1.29 is 9.59 Å². The number of benzene rings is 3. The summed E-state index contributed by atoms with van der Waals surface area (Å²) in [5, 5.41) is 2.71. The summed E-state index contributed by atoms with van der Waals surface area (Å²) in [5.41, 5.74) is 2.06. The Balaban J connectivity index is 1.82. The number of carbonyl (C=O) groups is 2. The number of amides is 1. The molecule has 0 radical (unpaired) electrons. The lowest BCUT2D eigenvalue weighted by Gasteiger charge is -2.08. The van der Waals surface area contributed by atoms with Crippen LogP contribution >= 0.6 is 11.8 Å². The quantitative estimate of drug-likeness (QED) is 0.698. The van der Waals surface area contributed by atoms with Crippen LogP contribution in [-0.2, 0) is 0 Å². The normalized spacial score (nSPS) is 11.0. The molecule has 0 aromatic heterocycles. The van der Waals surface area contributed by atoms with Crippen LogP contribution in [0, 0.1) is 0 Å². The Labute approximate surface area is 156 Å². The highest BCUT2D eigenvalue weighted by atomic mass is 32.2. The molecule has 3 aromatic rings. The van der Waals surface area contributed by atoms with Gasteiger partial charge in [0.2, 0.25) is 5.12 Å². The van der Waals surface area contributed by atoms with Crippen LogP contribution < -0.4 is 5.32 Å². The SMILES string of the molecule is O=C(N/C=C(/SC(=O)c1ccccc1)c1ccccc1)c1ccccc1. The highest BCUT2D eigenvalue weighted by Crippen LogP contribution is 2.29. The third kappa shape index (κ3) is 4.71. The average molecular weight is 359 g/mol. The number of carbonyl (C=O) groups excluding carboxylic acids is 2. The van der Waals surface area contributed by atoms with E-state index in [1.54, 1.807) is 30.5 Å². The molecule has 0 saturated heterocycles. The Kier molecular flexibility index (Phi) is 6.01. The molecular formula is C22H17NO2S. The predicted molar refractivity (Wildman–Crippen MR) is 107 cm³/mol. The molecule has 0 bridgehead atoms. The lowest BCUT2D eigenvalue weighted by molar-refractivity contribution is 0.0969. The van der Waals surface area contributed by atoms with E-state index in [9.17, 15) is 9.59 Å². The number of nitrogens with one attached hydrogen (secondary N) is 1. The average Bonchev–Trinajstić information content (AvgIpc) is 2.72. The minimum Gasteiger partial charge on any atom is -0.327 e. The van der Waals surface area contributed by atoms with Gasteiger partial charge in [-0.2, -0.15) is 0 Å². The Hall–Kier alpha value is -3.11. The lowest BCUT2D eigenvalue weighted by atomic mass is 10.2. The highest BCUT2D eigenvalue weighted by Gasteiger charge is 2.12. The number of hydrogen-bond acceptors (Lipinski definition) is 3. The number of thioether (sulfide) groups is 1. The molecule has 0 aliphatic rings. The first kappa shape index (κ1) is 17.7. The maximum Gasteiger partial charge on any atom is 0.255 e. The van der Waals surface area contributed by atoms with Crippen molar-refractivity contribution in [1.82, 2.24) is 5.32 Å². The van der Waals surface area contributed by atoms with Crippen molar-refractivity contribution in [3.05, 3.63) is 114 Å². The Morgan fingerprint density at radius 3 is 1.65 bits per heavy atom. The second-order valence-electron chi connectivity index (χ2n) is 5.47. The van der Waals surface area contributed by atoms with Crippen LogP contribution in [0.15, 0.2) is 97.2 Å². The first-order valence-electron chi connectivity index (χ1n) is 8.13. The zero-order valence-electron chi connectivity index (χ0n) is 14.0. The Morgan fingerprint density at radius 1 is 0.654 bits per heavy atom. The van der Waals surface area contributed by atoms with Gasteiger partial charge in [0.15, 0.2) is 0 Å². The first-order valence-corrected chi connectivity index (χ1v) is 8.94. The van der Waals surface area contributed by atoms with E-state index < -0.39 is 0 Å². The molecule has 0 spiro atoms. The van der Waals surface area contributed by atoms with Crippen molar-refractivity contribution in [2.75, 3.05) is 0 Å². The van der Waals surface area contributed by atoms with E-state index in [4.69, 9.17) is 0 Å². The van der Waals surface area contributed by atoms with Crippen LogP contribution in [0.2, 0.25) is 0 Å². The van der Waals surface area contributed by atoms with Crippen LogP contribution in [-0.4, -0.2) is 11.0 Å². The molecule has 0 saturated carbocycles. The summed E-state index contributed by atoms with van der Waals surface area (Å²) in [6.07, 6.45) is 1.59. The third-order valence-corrected chi connectivity index (χ3v) is 4.64. The van der Waals surface area contributed by atoms with E-state index in [1.165, 1.54) is 0 Å². The molecule has 4 heteroatoms. The molecule has 0 atom stereocenters. The van der Waals surface area contributed by atoms with E-state index in [0.29, 0.717) is 16.0 Å². The molecule has 0 heterocycles. The third-order valence-electron chi connectivity index (χ3n) is 3.64. The van der Waals surface area contributed by atoms with E-state index in [-0.39, 0.29) is 11.0 Å². The van der Waals surface area contributed by atoms with E-state index in [0.717, 1.165) is 17.3 Å². The lowest BCUT2D eigenvalue weighted by Crippen LogP contribution is -2.17. The summed E-state index contributed by atoms with van der Waals surface area (Å²) in [5.74, 6) is -0.216. The van der Waals surface area contributed by atoms with Gasteiger partial charge < -0.3 is 5.32 Å². The standard InChI is InChI=1S/C22H17NO2S/c24-21(18-12-6-2-7-13-18)23-16-20(17-10-4-1-5-11-17)26-22(25)19-14-8-3-9-15-19/h1-16H,(H,23,24)/b20-16+. The molecule has 0 aliphatic heterocycles. The Bertz CT molecular complexity index is 907. The van der Waals surface area contributed by atoms with Crippen LogP contribution in [0.4, 0.5) is 0 Å². The van der Waals surface area contributed by atoms with Gasteiger partial charge in [-0.3, -0.25) is 9.59 Å². The van der Waals surface area contributed by atoms with E-state index in [2.05, 4.69) is 5.32 Å².